The average Bonchev–Trinajstić information content (AvgIpc) is 3.64. The average molecular weight is 870 g/mol. The van der Waals surface area contributed by atoms with Gasteiger partial charge in [-0.2, -0.15) is 0 Å². The van der Waals surface area contributed by atoms with E-state index >= 15 is 0 Å². The highest BCUT2D eigenvalue weighted by atomic mass is 15.2. The van der Waals surface area contributed by atoms with Gasteiger partial charge in [0.25, 0.3) is 0 Å². The van der Waals surface area contributed by atoms with Gasteiger partial charge < -0.3 is 14.4 Å². The van der Waals surface area contributed by atoms with Gasteiger partial charge in [-0.25, -0.2) is 0 Å². The van der Waals surface area contributed by atoms with Crippen molar-refractivity contribution in [1.82, 2.24) is 4.57 Å². The van der Waals surface area contributed by atoms with Crippen LogP contribution >= 0.6 is 0 Å². The van der Waals surface area contributed by atoms with E-state index in [9.17, 15) is 0 Å². The van der Waals surface area contributed by atoms with Crippen LogP contribution in [0.4, 0.5) is 34.1 Å². The van der Waals surface area contributed by atoms with Gasteiger partial charge >= 0.3 is 0 Å². The predicted octanol–water partition coefficient (Wildman–Crippen LogP) is 17.9. The maximum Gasteiger partial charge on any atom is 0.0583 e. The lowest BCUT2D eigenvalue weighted by molar-refractivity contribution is 0.590. The number of para-hydroxylation sites is 1. The Balaban J connectivity index is 1.21. The number of fused-ring (bicyclic) bond motifs is 3. The molecule has 2 aliphatic rings. The maximum atomic E-state index is 2.66. The summed E-state index contributed by atoms with van der Waals surface area (Å²) in [5.41, 5.74) is 18.5. The molecule has 2 aliphatic heterocycles. The van der Waals surface area contributed by atoms with Crippen LogP contribution in [0, 0.1) is 0 Å². The SMILES string of the molecule is CC(C)(C)c1ccc(N(c2cc3c4c(c2)c2cc(N(c5ccc(C(C)(C)C)cc5)c5cccc6ccccc56)cc5c2n4-c2c(cccc2C5(C)C)C3(C)C)c2cccc3ccccc23)cc1. The van der Waals surface area contributed by atoms with E-state index in [-0.39, 0.29) is 21.7 Å². The number of nitrogens with zero attached hydrogens (tertiary/aromatic N) is 3. The Hall–Kier alpha value is -7.10. The minimum Gasteiger partial charge on any atom is -0.310 e. The normalized spacial score (nSPS) is 14.7. The lowest BCUT2D eigenvalue weighted by atomic mass is 9.68. The van der Waals surface area contributed by atoms with Gasteiger partial charge in [0.05, 0.1) is 28.1 Å². The molecule has 330 valence electrons. The molecule has 0 radical (unpaired) electrons. The van der Waals surface area contributed by atoms with Crippen LogP contribution in [-0.2, 0) is 21.7 Å². The number of hydrogen-bond donors (Lipinski definition) is 0. The first-order valence-corrected chi connectivity index (χ1v) is 24.1. The summed E-state index contributed by atoms with van der Waals surface area (Å²) in [5.74, 6) is 0. The van der Waals surface area contributed by atoms with E-state index in [1.165, 1.54) is 93.8 Å². The van der Waals surface area contributed by atoms with E-state index < -0.39 is 0 Å². The number of benzene rings is 9. The van der Waals surface area contributed by atoms with Crippen LogP contribution < -0.4 is 9.80 Å². The van der Waals surface area contributed by atoms with Crippen LogP contribution in [0.2, 0.25) is 0 Å². The molecule has 0 bridgehead atoms. The molecule has 0 aliphatic carbocycles. The van der Waals surface area contributed by atoms with Crippen LogP contribution in [0.25, 0.3) is 49.0 Å². The van der Waals surface area contributed by atoms with Gasteiger partial charge in [-0.3, -0.25) is 0 Å². The molecule has 0 saturated heterocycles. The molecule has 0 fully saturated rings. The Morgan fingerprint density at radius 3 is 1.13 bits per heavy atom. The molecule has 3 heteroatoms. The van der Waals surface area contributed by atoms with Crippen LogP contribution in [0.15, 0.2) is 176 Å². The summed E-state index contributed by atoms with van der Waals surface area (Å²) in [5, 5.41) is 7.45. The summed E-state index contributed by atoms with van der Waals surface area (Å²) < 4.78 is 2.66. The van der Waals surface area contributed by atoms with Crippen LogP contribution in [0.3, 0.4) is 0 Å². The van der Waals surface area contributed by atoms with Crippen LogP contribution in [0.1, 0.15) is 103 Å². The topological polar surface area (TPSA) is 11.4 Å². The van der Waals surface area contributed by atoms with E-state index in [0.717, 1.165) is 22.7 Å². The third-order valence-electron chi connectivity index (χ3n) is 15.4. The summed E-state index contributed by atoms with van der Waals surface area (Å²) in [6, 6.07) is 66.8. The van der Waals surface area contributed by atoms with Crippen molar-refractivity contribution in [3.05, 3.63) is 209 Å². The molecule has 3 heterocycles. The Morgan fingerprint density at radius 1 is 0.358 bits per heavy atom. The van der Waals surface area contributed by atoms with Gasteiger partial charge in [-0.1, -0.05) is 184 Å². The lowest BCUT2D eigenvalue weighted by Crippen LogP contribution is -2.33. The zero-order chi connectivity index (χ0) is 46.4. The van der Waals surface area contributed by atoms with Gasteiger partial charge in [-0.15, -0.1) is 0 Å². The van der Waals surface area contributed by atoms with Gasteiger partial charge in [0.1, 0.15) is 0 Å². The van der Waals surface area contributed by atoms with Crippen molar-refractivity contribution in [2.45, 2.75) is 90.9 Å². The molecule has 3 nitrogen and oxygen atoms in total. The first-order chi connectivity index (χ1) is 32.0. The van der Waals surface area contributed by atoms with E-state index in [1.807, 2.05) is 0 Å². The van der Waals surface area contributed by atoms with Crippen molar-refractivity contribution in [3.63, 3.8) is 0 Å². The molecule has 1 aromatic heterocycles. The fourth-order valence-corrected chi connectivity index (χ4v) is 11.6. The van der Waals surface area contributed by atoms with E-state index in [0.29, 0.717) is 0 Å². The first-order valence-electron chi connectivity index (χ1n) is 24.1. The van der Waals surface area contributed by atoms with Crippen molar-refractivity contribution in [2.75, 3.05) is 9.80 Å². The highest BCUT2D eigenvalue weighted by Crippen LogP contribution is 2.58. The monoisotopic (exact) mass is 869 g/mol. The molecule has 0 spiro atoms. The number of aromatic nitrogens is 1. The molecule has 67 heavy (non-hydrogen) atoms. The van der Waals surface area contributed by atoms with Gasteiger partial charge in [-0.05, 0) is 116 Å². The second kappa shape index (κ2) is 14.2. The second-order valence-electron chi connectivity index (χ2n) is 22.3. The molecule has 10 aromatic rings. The molecule has 0 atom stereocenters. The number of hydrogen-bond acceptors (Lipinski definition) is 2. The summed E-state index contributed by atoms with van der Waals surface area (Å²) >= 11 is 0. The van der Waals surface area contributed by atoms with Crippen molar-refractivity contribution in [3.8, 4) is 5.69 Å². The number of rotatable bonds is 6. The zero-order valence-corrected chi connectivity index (χ0v) is 40.6. The van der Waals surface area contributed by atoms with Gasteiger partial charge in [0, 0.05) is 55.1 Å². The fourth-order valence-electron chi connectivity index (χ4n) is 11.6. The van der Waals surface area contributed by atoms with E-state index in [2.05, 4.69) is 260 Å². The minimum atomic E-state index is -0.287. The maximum absolute atomic E-state index is 2.66. The molecule has 12 rings (SSSR count). The van der Waals surface area contributed by atoms with E-state index in [1.54, 1.807) is 0 Å². The number of anilines is 6. The van der Waals surface area contributed by atoms with E-state index in [4.69, 9.17) is 0 Å². The molecular formula is C64H59N3. The summed E-state index contributed by atoms with van der Waals surface area (Å²) in [4.78, 5) is 5.03. The van der Waals surface area contributed by atoms with Gasteiger partial charge in [0.2, 0.25) is 0 Å². The molecule has 0 N–H and O–H groups in total. The Morgan fingerprint density at radius 2 is 0.731 bits per heavy atom. The third kappa shape index (κ3) is 6.09. The van der Waals surface area contributed by atoms with Crippen molar-refractivity contribution in [2.24, 2.45) is 0 Å². The molecular weight excluding hydrogens is 811 g/mol. The Bertz CT molecular complexity index is 3400. The largest absolute Gasteiger partial charge is 0.310 e. The summed E-state index contributed by atoms with van der Waals surface area (Å²) in [7, 11) is 0. The molecule has 9 aromatic carbocycles. The highest BCUT2D eigenvalue weighted by molar-refractivity contribution is 6.17. The zero-order valence-electron chi connectivity index (χ0n) is 40.6. The predicted molar refractivity (Wildman–Crippen MR) is 287 cm³/mol. The molecule has 0 saturated carbocycles. The highest BCUT2D eigenvalue weighted by Gasteiger charge is 2.44. The summed E-state index contributed by atoms with van der Waals surface area (Å²) in [6.07, 6.45) is 0. The van der Waals surface area contributed by atoms with Gasteiger partial charge in [0.15, 0.2) is 0 Å². The smallest absolute Gasteiger partial charge is 0.0583 e. The second-order valence-corrected chi connectivity index (χ2v) is 22.3. The summed E-state index contributed by atoms with van der Waals surface area (Å²) in [6.45, 7) is 23.5. The fraction of sp³-hybridized carbons (Fsp3) is 0.219. The first kappa shape index (κ1) is 41.3. The quantitative estimate of drug-likeness (QED) is 0.165. The Labute approximate surface area is 395 Å². The standard InChI is InChI=1S/C64H59N3/c1-61(2,3)42-28-32-44(33-29-42)65(56-26-15-20-40-18-11-13-22-48(40)56)46-36-50-51-37-47(66(45-34-30-43(31-35-45)62(4,5)6)57-27-16-21-41-19-12-14-23-49(41)57)39-55-59(51)67-58(50)54(38-46)63(7,8)52-24-17-25-53(60(52)67)64(55,9)10/h11-39H,1-10H3. The molecule has 0 amide bonds. The van der Waals surface area contributed by atoms with Crippen LogP contribution in [-0.4, -0.2) is 4.57 Å². The minimum absolute atomic E-state index is 0.0357. The molecule has 0 unspecified atom stereocenters. The van der Waals surface area contributed by atoms with Crippen molar-refractivity contribution >= 4 is 77.5 Å². The van der Waals surface area contributed by atoms with Crippen LogP contribution in [0.5, 0.6) is 0 Å². The third-order valence-corrected chi connectivity index (χ3v) is 15.4. The van der Waals surface area contributed by atoms with Crippen molar-refractivity contribution in [1.29, 1.82) is 0 Å². The lowest BCUT2D eigenvalue weighted by Gasteiger charge is -2.42. The van der Waals surface area contributed by atoms with Crippen molar-refractivity contribution < 1.29 is 0 Å². The Kier molecular flexibility index (Phi) is 8.76.